The maximum Gasteiger partial charge on any atom is 0.316 e. The van der Waals surface area contributed by atoms with Gasteiger partial charge in [-0.05, 0) is 25.3 Å². The third kappa shape index (κ3) is 1.75. The zero-order chi connectivity index (χ0) is 12.6. The highest BCUT2D eigenvalue weighted by Gasteiger charge is 2.57. The second-order valence-electron chi connectivity index (χ2n) is 5.77. The molecule has 1 aliphatic carbocycles. The molecule has 2 heteroatoms. The largest absolute Gasteiger partial charge is 0.456 e. The first kappa shape index (κ1) is 11.8. The fourth-order valence-corrected chi connectivity index (χ4v) is 3.34. The number of carbonyl (C=O) groups is 1. The quantitative estimate of drug-likeness (QED) is 0.699. The van der Waals surface area contributed by atoms with E-state index in [1.165, 1.54) is 24.0 Å². The van der Waals surface area contributed by atoms with E-state index in [0.29, 0.717) is 0 Å². The van der Waals surface area contributed by atoms with Crippen LogP contribution in [0.2, 0.25) is 0 Å². The molecule has 0 N–H and O–H groups in total. The Hall–Kier alpha value is -1.31. The van der Waals surface area contributed by atoms with E-state index in [0.717, 1.165) is 25.7 Å². The zero-order valence-electron chi connectivity index (χ0n) is 10.9. The topological polar surface area (TPSA) is 26.3 Å². The molecular formula is C16H20O2. The maximum atomic E-state index is 12.0. The van der Waals surface area contributed by atoms with Crippen molar-refractivity contribution in [1.29, 1.82) is 0 Å². The first-order valence-corrected chi connectivity index (χ1v) is 7.00. The highest BCUT2D eigenvalue weighted by Crippen LogP contribution is 2.55. The van der Waals surface area contributed by atoms with Gasteiger partial charge in [0.25, 0.3) is 0 Å². The van der Waals surface area contributed by atoms with Crippen molar-refractivity contribution in [2.75, 3.05) is 0 Å². The molecule has 0 unspecified atom stereocenters. The second kappa shape index (κ2) is 4.42. The summed E-state index contributed by atoms with van der Waals surface area (Å²) in [5, 5.41) is 0. The first-order valence-electron chi connectivity index (χ1n) is 7.00. The van der Waals surface area contributed by atoms with E-state index in [2.05, 4.69) is 31.2 Å². The van der Waals surface area contributed by atoms with E-state index in [4.69, 9.17) is 4.74 Å². The predicted octanol–water partition coefficient (Wildman–Crippen LogP) is 3.93. The summed E-state index contributed by atoms with van der Waals surface area (Å²) in [6, 6.07) is 8.43. The molecule has 1 saturated heterocycles. The molecule has 1 spiro atoms. The molecule has 0 radical (unpaired) electrons. The number of rotatable bonds is 1. The molecule has 2 aliphatic rings. The summed E-state index contributed by atoms with van der Waals surface area (Å²) in [4.78, 5) is 12.0. The van der Waals surface area contributed by atoms with Gasteiger partial charge >= 0.3 is 5.97 Å². The molecule has 1 aliphatic heterocycles. The van der Waals surface area contributed by atoms with Gasteiger partial charge in [-0.15, -0.1) is 0 Å². The van der Waals surface area contributed by atoms with E-state index in [-0.39, 0.29) is 17.5 Å². The third-order valence-electron chi connectivity index (χ3n) is 4.51. The lowest BCUT2D eigenvalue weighted by Gasteiger charge is -2.47. The van der Waals surface area contributed by atoms with Gasteiger partial charge < -0.3 is 4.74 Å². The Bertz CT molecular complexity index is 439. The molecule has 0 amide bonds. The smallest absolute Gasteiger partial charge is 0.316 e. The lowest BCUT2D eigenvalue weighted by molar-refractivity contribution is -0.211. The summed E-state index contributed by atoms with van der Waals surface area (Å²) in [6.07, 6.45) is 6.86. The van der Waals surface area contributed by atoms with Crippen molar-refractivity contribution in [2.45, 2.75) is 51.6 Å². The summed E-state index contributed by atoms with van der Waals surface area (Å²) < 4.78 is 5.47. The van der Waals surface area contributed by atoms with Gasteiger partial charge in [0, 0.05) is 0 Å². The number of aryl methyl sites for hydroxylation is 1. The van der Waals surface area contributed by atoms with Crippen LogP contribution in [-0.4, -0.2) is 5.97 Å². The van der Waals surface area contributed by atoms with E-state index in [1.54, 1.807) is 0 Å². The second-order valence-corrected chi connectivity index (χ2v) is 5.77. The normalized spacial score (nSPS) is 26.3. The molecule has 1 heterocycles. The average Bonchev–Trinajstić information content (AvgIpc) is 2.65. The monoisotopic (exact) mass is 244 g/mol. The SMILES string of the molecule is Cc1ccc([C@@H]2OC(=O)C23CCCCCC3)cc1. The van der Waals surface area contributed by atoms with Gasteiger partial charge in [-0.25, -0.2) is 0 Å². The van der Waals surface area contributed by atoms with Gasteiger partial charge in [-0.3, -0.25) is 4.79 Å². The van der Waals surface area contributed by atoms with Crippen LogP contribution in [0.4, 0.5) is 0 Å². The van der Waals surface area contributed by atoms with Crippen LogP contribution >= 0.6 is 0 Å². The van der Waals surface area contributed by atoms with E-state index in [1.807, 2.05) is 0 Å². The van der Waals surface area contributed by atoms with Crippen molar-refractivity contribution in [3.63, 3.8) is 0 Å². The van der Waals surface area contributed by atoms with Gasteiger partial charge in [0.1, 0.15) is 11.5 Å². The lowest BCUT2D eigenvalue weighted by atomic mass is 9.69. The Morgan fingerprint density at radius 3 is 2.22 bits per heavy atom. The molecule has 2 fully saturated rings. The summed E-state index contributed by atoms with van der Waals surface area (Å²) >= 11 is 0. The Morgan fingerprint density at radius 2 is 1.67 bits per heavy atom. The van der Waals surface area contributed by atoms with E-state index in [9.17, 15) is 4.79 Å². The van der Waals surface area contributed by atoms with Crippen molar-refractivity contribution < 1.29 is 9.53 Å². The minimum atomic E-state index is -0.203. The van der Waals surface area contributed by atoms with Gasteiger partial charge in [-0.2, -0.15) is 0 Å². The number of ether oxygens (including phenoxy) is 1. The van der Waals surface area contributed by atoms with Gasteiger partial charge in [0.2, 0.25) is 0 Å². The van der Waals surface area contributed by atoms with Crippen molar-refractivity contribution >= 4 is 5.97 Å². The highest BCUT2D eigenvalue weighted by molar-refractivity contribution is 5.83. The predicted molar refractivity (Wildman–Crippen MR) is 70.1 cm³/mol. The summed E-state index contributed by atoms with van der Waals surface area (Å²) in [6.45, 7) is 2.08. The number of hydrogen-bond acceptors (Lipinski definition) is 2. The van der Waals surface area contributed by atoms with Crippen molar-refractivity contribution in [1.82, 2.24) is 0 Å². The van der Waals surface area contributed by atoms with Crippen LogP contribution in [0.25, 0.3) is 0 Å². The average molecular weight is 244 g/mol. The minimum Gasteiger partial charge on any atom is -0.456 e. The number of hydrogen-bond donors (Lipinski definition) is 0. The Morgan fingerprint density at radius 1 is 1.06 bits per heavy atom. The molecule has 1 aromatic carbocycles. The summed E-state index contributed by atoms with van der Waals surface area (Å²) in [7, 11) is 0. The number of cyclic esters (lactones) is 1. The van der Waals surface area contributed by atoms with Crippen LogP contribution in [0.5, 0.6) is 0 Å². The van der Waals surface area contributed by atoms with E-state index < -0.39 is 0 Å². The van der Waals surface area contributed by atoms with Crippen LogP contribution in [0.15, 0.2) is 24.3 Å². The van der Waals surface area contributed by atoms with Crippen molar-refractivity contribution in [2.24, 2.45) is 5.41 Å². The minimum absolute atomic E-state index is 0.00343. The molecule has 1 aromatic rings. The van der Waals surface area contributed by atoms with E-state index >= 15 is 0 Å². The number of carbonyl (C=O) groups excluding carboxylic acids is 1. The van der Waals surface area contributed by atoms with Gasteiger partial charge in [0.05, 0.1) is 0 Å². The number of esters is 1. The maximum absolute atomic E-state index is 12.0. The molecule has 1 atom stereocenters. The lowest BCUT2D eigenvalue weighted by Crippen LogP contribution is -2.50. The molecular weight excluding hydrogens is 224 g/mol. The Labute approximate surface area is 108 Å². The standard InChI is InChI=1S/C16H20O2/c1-12-6-8-13(9-7-12)14-16(15(17)18-14)10-4-2-3-5-11-16/h6-9,14H,2-5,10-11H2,1H3/t14-/m0/s1. The van der Waals surface area contributed by atoms with Crippen LogP contribution < -0.4 is 0 Å². The molecule has 96 valence electrons. The van der Waals surface area contributed by atoms with Gasteiger partial charge in [0.15, 0.2) is 0 Å². The molecule has 0 bridgehead atoms. The Balaban J connectivity index is 1.88. The highest BCUT2D eigenvalue weighted by atomic mass is 16.6. The Kier molecular flexibility index (Phi) is 2.89. The van der Waals surface area contributed by atoms with Crippen LogP contribution in [0.1, 0.15) is 55.8 Å². The fraction of sp³-hybridized carbons (Fsp3) is 0.562. The first-order chi connectivity index (χ1) is 8.72. The number of benzene rings is 1. The molecule has 18 heavy (non-hydrogen) atoms. The van der Waals surface area contributed by atoms with Crippen molar-refractivity contribution in [3.8, 4) is 0 Å². The third-order valence-corrected chi connectivity index (χ3v) is 4.51. The van der Waals surface area contributed by atoms with Crippen LogP contribution in [0, 0.1) is 12.3 Å². The molecule has 0 aromatic heterocycles. The van der Waals surface area contributed by atoms with Crippen LogP contribution in [0.3, 0.4) is 0 Å². The summed E-state index contributed by atoms with van der Waals surface area (Å²) in [5.41, 5.74) is 2.22. The van der Waals surface area contributed by atoms with Crippen molar-refractivity contribution in [3.05, 3.63) is 35.4 Å². The fourth-order valence-electron chi connectivity index (χ4n) is 3.34. The van der Waals surface area contributed by atoms with Gasteiger partial charge in [-0.1, -0.05) is 55.5 Å². The molecule has 1 saturated carbocycles. The van der Waals surface area contributed by atoms with Crippen LogP contribution in [-0.2, 0) is 9.53 Å². The summed E-state index contributed by atoms with van der Waals surface area (Å²) in [5.74, 6) is 0.0370. The zero-order valence-corrected chi connectivity index (χ0v) is 10.9. The molecule has 2 nitrogen and oxygen atoms in total. The molecule has 3 rings (SSSR count).